The number of aromatic nitrogens is 1. The number of halogens is 2. The molecule has 1 heterocycles. The van der Waals surface area contributed by atoms with Crippen molar-refractivity contribution in [1.29, 1.82) is 0 Å². The first-order chi connectivity index (χ1) is 17.1. The van der Waals surface area contributed by atoms with Gasteiger partial charge in [0.2, 0.25) is 5.91 Å². The summed E-state index contributed by atoms with van der Waals surface area (Å²) in [6, 6.07) is 33.5. The van der Waals surface area contributed by atoms with Crippen molar-refractivity contribution in [3.8, 4) is 0 Å². The Bertz CT molecular complexity index is 1410. The van der Waals surface area contributed by atoms with E-state index in [9.17, 15) is 4.79 Å². The number of carbonyl (C=O) groups excluding carboxylic acids is 1. The second kappa shape index (κ2) is 10.4. The fourth-order valence-corrected chi connectivity index (χ4v) is 4.88. The molecule has 0 spiro atoms. The molecule has 5 rings (SSSR count). The molecule has 0 fully saturated rings. The van der Waals surface area contributed by atoms with E-state index in [2.05, 4.69) is 16.4 Å². The second-order valence-corrected chi connectivity index (χ2v) is 9.36. The Balaban J connectivity index is 1.50. The van der Waals surface area contributed by atoms with Crippen LogP contribution in [0, 0.1) is 0 Å². The van der Waals surface area contributed by atoms with Crippen molar-refractivity contribution < 1.29 is 4.79 Å². The molecule has 35 heavy (non-hydrogen) atoms. The number of para-hydroxylation sites is 1. The lowest BCUT2D eigenvalue weighted by Gasteiger charge is -2.23. The first kappa shape index (κ1) is 23.2. The summed E-state index contributed by atoms with van der Waals surface area (Å²) in [6.07, 6.45) is 2.24. The summed E-state index contributed by atoms with van der Waals surface area (Å²) in [5, 5.41) is 5.32. The van der Waals surface area contributed by atoms with Gasteiger partial charge in [-0.2, -0.15) is 0 Å². The summed E-state index contributed by atoms with van der Waals surface area (Å²) in [5.74, 6) is -0.253. The first-order valence-electron chi connectivity index (χ1n) is 11.5. The molecule has 1 amide bonds. The number of hydrogen-bond donors (Lipinski definition) is 2. The predicted molar refractivity (Wildman–Crippen MR) is 144 cm³/mol. The molecule has 0 radical (unpaired) electrons. The Morgan fingerprint density at radius 1 is 0.743 bits per heavy atom. The Kier molecular flexibility index (Phi) is 6.89. The van der Waals surface area contributed by atoms with Crippen LogP contribution in [0.1, 0.15) is 40.6 Å². The highest BCUT2D eigenvalue weighted by Crippen LogP contribution is 2.36. The van der Waals surface area contributed by atoms with E-state index in [0.717, 1.165) is 33.2 Å². The van der Waals surface area contributed by atoms with Gasteiger partial charge in [-0.3, -0.25) is 4.79 Å². The van der Waals surface area contributed by atoms with Gasteiger partial charge in [0.25, 0.3) is 0 Å². The smallest absolute Gasteiger partial charge is 0.221 e. The fraction of sp³-hybridized carbons (Fsp3) is 0.100. The van der Waals surface area contributed by atoms with Crippen molar-refractivity contribution in [2.45, 2.75) is 18.4 Å². The van der Waals surface area contributed by atoms with Crippen LogP contribution in [0.15, 0.2) is 109 Å². The molecular formula is C30H24Cl2N2O. The van der Waals surface area contributed by atoms with E-state index in [0.29, 0.717) is 10.0 Å². The molecule has 0 aliphatic heterocycles. The van der Waals surface area contributed by atoms with Gasteiger partial charge in [-0.05, 0) is 40.5 Å². The van der Waals surface area contributed by atoms with E-state index in [1.807, 2.05) is 97.2 Å². The largest absolute Gasteiger partial charge is 0.361 e. The molecule has 1 aromatic heterocycles. The van der Waals surface area contributed by atoms with Gasteiger partial charge >= 0.3 is 0 Å². The maximum Gasteiger partial charge on any atom is 0.221 e. The fourth-order valence-electron chi connectivity index (χ4n) is 4.57. The molecule has 1 atom stereocenters. The van der Waals surface area contributed by atoms with Crippen LogP contribution in [0.2, 0.25) is 10.0 Å². The standard InChI is InChI=1S/C30H24Cl2N2O/c31-26-16-15-22(17-27(26)32)24(25-19-33-28-14-8-7-13-23(25)28)18-29(35)34-30(20-9-3-1-4-10-20)21-11-5-2-6-12-21/h1-17,19,24,30,33H,18H2,(H,34,35)/t24-/m0/s1. The molecule has 4 aromatic carbocycles. The van der Waals surface area contributed by atoms with Crippen LogP contribution < -0.4 is 5.32 Å². The monoisotopic (exact) mass is 498 g/mol. The highest BCUT2D eigenvalue weighted by atomic mass is 35.5. The zero-order valence-corrected chi connectivity index (χ0v) is 20.4. The molecule has 174 valence electrons. The summed E-state index contributed by atoms with van der Waals surface area (Å²) in [7, 11) is 0. The topological polar surface area (TPSA) is 44.9 Å². The van der Waals surface area contributed by atoms with E-state index in [1.165, 1.54) is 0 Å². The van der Waals surface area contributed by atoms with Crippen molar-refractivity contribution in [1.82, 2.24) is 10.3 Å². The number of rotatable bonds is 7. The minimum Gasteiger partial charge on any atom is -0.361 e. The normalized spacial score (nSPS) is 12.1. The van der Waals surface area contributed by atoms with Crippen molar-refractivity contribution in [3.63, 3.8) is 0 Å². The van der Waals surface area contributed by atoms with Gasteiger partial charge < -0.3 is 10.3 Å². The summed E-state index contributed by atoms with van der Waals surface area (Å²) >= 11 is 12.6. The van der Waals surface area contributed by atoms with E-state index in [1.54, 1.807) is 6.07 Å². The van der Waals surface area contributed by atoms with Crippen LogP contribution in [0.4, 0.5) is 0 Å². The third kappa shape index (κ3) is 5.12. The summed E-state index contributed by atoms with van der Waals surface area (Å²) in [5.41, 5.74) is 5.08. The van der Waals surface area contributed by atoms with E-state index < -0.39 is 0 Å². The van der Waals surface area contributed by atoms with Crippen molar-refractivity contribution in [3.05, 3.63) is 142 Å². The molecular weight excluding hydrogens is 475 g/mol. The van der Waals surface area contributed by atoms with Crippen LogP contribution in [0.5, 0.6) is 0 Å². The van der Waals surface area contributed by atoms with E-state index in [4.69, 9.17) is 23.2 Å². The van der Waals surface area contributed by atoms with Crippen molar-refractivity contribution >= 4 is 40.0 Å². The molecule has 0 saturated heterocycles. The third-order valence-electron chi connectivity index (χ3n) is 6.30. The minimum atomic E-state index is -0.248. The van der Waals surface area contributed by atoms with Crippen molar-refractivity contribution in [2.75, 3.05) is 0 Å². The van der Waals surface area contributed by atoms with Crippen LogP contribution >= 0.6 is 23.2 Å². The minimum absolute atomic E-state index is 0.0518. The zero-order chi connectivity index (χ0) is 24.2. The van der Waals surface area contributed by atoms with Crippen LogP contribution in [0.3, 0.4) is 0 Å². The lowest BCUT2D eigenvalue weighted by molar-refractivity contribution is -0.121. The predicted octanol–water partition coefficient (Wildman–Crippen LogP) is 7.90. The molecule has 0 aliphatic rings. The maximum atomic E-state index is 13.6. The molecule has 3 nitrogen and oxygen atoms in total. The number of H-pyrrole nitrogens is 1. The maximum absolute atomic E-state index is 13.6. The Morgan fingerprint density at radius 2 is 1.37 bits per heavy atom. The van der Waals surface area contributed by atoms with Gasteiger partial charge in [-0.1, -0.05) is 108 Å². The van der Waals surface area contributed by atoms with Gasteiger partial charge in [-0.25, -0.2) is 0 Å². The first-order valence-corrected chi connectivity index (χ1v) is 12.3. The lowest BCUT2D eigenvalue weighted by Crippen LogP contribution is -2.30. The summed E-state index contributed by atoms with van der Waals surface area (Å²) < 4.78 is 0. The van der Waals surface area contributed by atoms with E-state index in [-0.39, 0.29) is 24.3 Å². The summed E-state index contributed by atoms with van der Waals surface area (Å²) in [4.78, 5) is 16.9. The quantitative estimate of drug-likeness (QED) is 0.235. The van der Waals surface area contributed by atoms with Gasteiger partial charge in [0, 0.05) is 29.4 Å². The average Bonchev–Trinajstić information content (AvgIpc) is 3.32. The molecule has 5 heteroatoms. The van der Waals surface area contributed by atoms with Crippen molar-refractivity contribution in [2.24, 2.45) is 0 Å². The number of fused-ring (bicyclic) bond motifs is 1. The Labute approximate surface area is 214 Å². The number of hydrogen-bond acceptors (Lipinski definition) is 1. The van der Waals surface area contributed by atoms with Gasteiger partial charge in [0.1, 0.15) is 0 Å². The Morgan fingerprint density at radius 3 is 2.03 bits per heavy atom. The zero-order valence-electron chi connectivity index (χ0n) is 18.9. The summed E-state index contributed by atoms with van der Waals surface area (Å²) in [6.45, 7) is 0. The number of benzene rings is 4. The third-order valence-corrected chi connectivity index (χ3v) is 7.04. The average molecular weight is 499 g/mol. The SMILES string of the molecule is O=C(C[C@@H](c1ccc(Cl)c(Cl)c1)c1c[nH]c2ccccc12)NC(c1ccccc1)c1ccccc1. The number of nitrogens with one attached hydrogen (secondary N) is 2. The molecule has 0 aliphatic carbocycles. The number of carbonyl (C=O) groups is 1. The molecule has 0 bridgehead atoms. The lowest BCUT2D eigenvalue weighted by atomic mass is 9.87. The van der Waals surface area contributed by atoms with Crippen LogP contribution in [0.25, 0.3) is 10.9 Å². The molecule has 0 unspecified atom stereocenters. The highest BCUT2D eigenvalue weighted by Gasteiger charge is 2.24. The Hall–Kier alpha value is -3.53. The highest BCUT2D eigenvalue weighted by molar-refractivity contribution is 6.42. The van der Waals surface area contributed by atoms with Crippen LogP contribution in [-0.2, 0) is 4.79 Å². The number of amides is 1. The molecule has 0 saturated carbocycles. The molecule has 2 N–H and O–H groups in total. The second-order valence-electron chi connectivity index (χ2n) is 8.54. The van der Waals surface area contributed by atoms with Gasteiger partial charge in [0.15, 0.2) is 0 Å². The van der Waals surface area contributed by atoms with E-state index >= 15 is 0 Å². The number of aromatic amines is 1. The van der Waals surface area contributed by atoms with Gasteiger partial charge in [-0.15, -0.1) is 0 Å². The van der Waals surface area contributed by atoms with Gasteiger partial charge in [0.05, 0.1) is 16.1 Å². The van der Waals surface area contributed by atoms with Crippen LogP contribution in [-0.4, -0.2) is 10.9 Å². The molecule has 5 aromatic rings.